The van der Waals surface area contributed by atoms with Gasteiger partial charge in [-0.3, -0.25) is 0 Å². The van der Waals surface area contributed by atoms with Crippen molar-refractivity contribution < 1.29 is 9.84 Å². The van der Waals surface area contributed by atoms with Crippen LogP contribution in [0.1, 0.15) is 33.1 Å². The van der Waals surface area contributed by atoms with Gasteiger partial charge in [0.1, 0.15) is 0 Å². The first-order valence-electron chi connectivity index (χ1n) is 5.22. The van der Waals surface area contributed by atoms with E-state index in [1.807, 2.05) is 0 Å². The minimum atomic E-state index is 0.260. The first-order chi connectivity index (χ1) is 6.22. The topological polar surface area (TPSA) is 41.5 Å². The smallest absolute Gasteiger partial charge is 0.0704 e. The van der Waals surface area contributed by atoms with Crippen molar-refractivity contribution in [3.63, 3.8) is 0 Å². The van der Waals surface area contributed by atoms with Gasteiger partial charge in [-0.2, -0.15) is 0 Å². The molecule has 1 aliphatic rings. The van der Waals surface area contributed by atoms with Gasteiger partial charge in [0.2, 0.25) is 0 Å². The van der Waals surface area contributed by atoms with Crippen LogP contribution in [0, 0.1) is 0 Å². The van der Waals surface area contributed by atoms with Gasteiger partial charge in [-0.1, -0.05) is 0 Å². The van der Waals surface area contributed by atoms with E-state index in [1.165, 1.54) is 12.8 Å². The Labute approximate surface area is 80.5 Å². The molecular weight excluding hydrogens is 166 g/mol. The van der Waals surface area contributed by atoms with Crippen LogP contribution in [0.25, 0.3) is 0 Å². The molecule has 1 rings (SSSR count). The van der Waals surface area contributed by atoms with E-state index in [0.717, 1.165) is 13.0 Å². The van der Waals surface area contributed by atoms with Crippen LogP contribution in [-0.2, 0) is 4.74 Å². The van der Waals surface area contributed by atoms with E-state index in [1.54, 1.807) is 0 Å². The van der Waals surface area contributed by atoms with E-state index in [-0.39, 0.29) is 6.61 Å². The van der Waals surface area contributed by atoms with Crippen LogP contribution in [-0.4, -0.2) is 36.5 Å². The molecule has 3 nitrogen and oxygen atoms in total. The van der Waals surface area contributed by atoms with Crippen molar-refractivity contribution in [2.75, 3.05) is 13.2 Å². The number of aliphatic hydroxyl groups excluding tert-OH is 1. The van der Waals surface area contributed by atoms with E-state index in [0.29, 0.717) is 18.2 Å². The Hall–Kier alpha value is -0.120. The fourth-order valence-electron chi connectivity index (χ4n) is 1.66. The van der Waals surface area contributed by atoms with Crippen LogP contribution in [0.15, 0.2) is 0 Å². The van der Waals surface area contributed by atoms with E-state index < -0.39 is 0 Å². The Balaban J connectivity index is 2.05. The monoisotopic (exact) mass is 187 g/mol. The fraction of sp³-hybridized carbons (Fsp3) is 1.00. The zero-order valence-corrected chi connectivity index (χ0v) is 8.62. The van der Waals surface area contributed by atoms with Crippen molar-refractivity contribution in [3.8, 4) is 0 Å². The molecule has 0 saturated carbocycles. The molecule has 0 aliphatic carbocycles. The van der Waals surface area contributed by atoms with Crippen molar-refractivity contribution in [1.29, 1.82) is 0 Å². The van der Waals surface area contributed by atoms with Gasteiger partial charge in [0, 0.05) is 19.2 Å². The maximum absolute atomic E-state index is 8.70. The lowest BCUT2D eigenvalue weighted by Crippen LogP contribution is -2.34. The summed E-state index contributed by atoms with van der Waals surface area (Å²) < 4.78 is 5.66. The lowest BCUT2D eigenvalue weighted by Gasteiger charge is -2.16. The first kappa shape index (κ1) is 11.0. The Morgan fingerprint density at radius 3 is 2.85 bits per heavy atom. The molecule has 78 valence electrons. The molecule has 0 aromatic rings. The molecule has 0 radical (unpaired) electrons. The quantitative estimate of drug-likeness (QED) is 0.672. The number of hydrogen-bond acceptors (Lipinski definition) is 3. The first-order valence-corrected chi connectivity index (χ1v) is 5.22. The predicted octanol–water partition coefficient (Wildman–Crippen LogP) is 0.914. The zero-order chi connectivity index (χ0) is 9.68. The van der Waals surface area contributed by atoms with Gasteiger partial charge in [0.05, 0.1) is 12.2 Å². The van der Waals surface area contributed by atoms with Gasteiger partial charge in [-0.15, -0.1) is 0 Å². The molecule has 1 heterocycles. The molecule has 0 aromatic heterocycles. The summed E-state index contributed by atoms with van der Waals surface area (Å²) in [5.74, 6) is 0. The highest BCUT2D eigenvalue weighted by molar-refractivity contribution is 4.74. The van der Waals surface area contributed by atoms with Gasteiger partial charge in [0.15, 0.2) is 0 Å². The van der Waals surface area contributed by atoms with Gasteiger partial charge in [0.25, 0.3) is 0 Å². The third-order valence-electron chi connectivity index (χ3n) is 2.58. The second-order valence-electron chi connectivity index (χ2n) is 3.97. The van der Waals surface area contributed by atoms with Crippen LogP contribution in [0.5, 0.6) is 0 Å². The third-order valence-corrected chi connectivity index (χ3v) is 2.58. The van der Waals surface area contributed by atoms with Crippen molar-refractivity contribution in [2.24, 2.45) is 0 Å². The Morgan fingerprint density at radius 1 is 1.54 bits per heavy atom. The van der Waals surface area contributed by atoms with E-state index in [9.17, 15) is 0 Å². The molecule has 1 fully saturated rings. The second kappa shape index (κ2) is 5.58. The Morgan fingerprint density at radius 2 is 2.31 bits per heavy atom. The maximum Gasteiger partial charge on any atom is 0.0704 e. The summed E-state index contributed by atoms with van der Waals surface area (Å²) in [6, 6.07) is 0.393. The predicted molar refractivity (Wildman–Crippen MR) is 52.7 cm³/mol. The summed E-state index contributed by atoms with van der Waals surface area (Å²) in [7, 11) is 0. The summed E-state index contributed by atoms with van der Waals surface area (Å²) in [6.45, 7) is 5.40. The van der Waals surface area contributed by atoms with Gasteiger partial charge < -0.3 is 15.2 Å². The zero-order valence-electron chi connectivity index (χ0n) is 8.62. The second-order valence-corrected chi connectivity index (χ2v) is 3.97. The van der Waals surface area contributed by atoms with Crippen LogP contribution >= 0.6 is 0 Å². The Bertz CT molecular complexity index is 141. The summed E-state index contributed by atoms with van der Waals surface area (Å²) in [5.41, 5.74) is 0. The molecule has 3 unspecified atom stereocenters. The van der Waals surface area contributed by atoms with E-state index >= 15 is 0 Å². The van der Waals surface area contributed by atoms with Gasteiger partial charge in [-0.25, -0.2) is 0 Å². The summed E-state index contributed by atoms with van der Waals surface area (Å²) in [4.78, 5) is 0. The van der Waals surface area contributed by atoms with Crippen LogP contribution < -0.4 is 5.32 Å². The number of hydrogen-bond donors (Lipinski definition) is 2. The van der Waals surface area contributed by atoms with Crippen molar-refractivity contribution >= 4 is 0 Å². The number of rotatable bonds is 5. The van der Waals surface area contributed by atoms with E-state index in [4.69, 9.17) is 9.84 Å². The normalized spacial score (nSPS) is 30.7. The molecule has 3 atom stereocenters. The van der Waals surface area contributed by atoms with Crippen molar-refractivity contribution in [3.05, 3.63) is 0 Å². The molecule has 13 heavy (non-hydrogen) atoms. The van der Waals surface area contributed by atoms with E-state index in [2.05, 4.69) is 19.2 Å². The minimum Gasteiger partial charge on any atom is -0.396 e. The van der Waals surface area contributed by atoms with Gasteiger partial charge in [-0.05, 0) is 33.1 Å². The van der Waals surface area contributed by atoms with Crippen LogP contribution in [0.4, 0.5) is 0 Å². The van der Waals surface area contributed by atoms with Crippen molar-refractivity contribution in [1.82, 2.24) is 5.32 Å². The minimum absolute atomic E-state index is 0.260. The summed E-state index contributed by atoms with van der Waals surface area (Å²) in [6.07, 6.45) is 3.99. The molecule has 0 spiro atoms. The fourth-order valence-corrected chi connectivity index (χ4v) is 1.66. The average Bonchev–Trinajstić information content (AvgIpc) is 2.49. The molecule has 1 saturated heterocycles. The summed E-state index contributed by atoms with van der Waals surface area (Å²) in [5, 5.41) is 12.1. The summed E-state index contributed by atoms with van der Waals surface area (Å²) >= 11 is 0. The lowest BCUT2D eigenvalue weighted by molar-refractivity contribution is 0.0541. The SMILES string of the molecule is CC(CCO)NCC1CCC(C)O1. The number of aliphatic hydroxyl groups is 1. The highest BCUT2D eigenvalue weighted by Crippen LogP contribution is 2.18. The van der Waals surface area contributed by atoms with Crippen LogP contribution in [0.2, 0.25) is 0 Å². The molecule has 0 aromatic carbocycles. The number of ether oxygens (including phenoxy) is 1. The lowest BCUT2D eigenvalue weighted by atomic mass is 10.2. The number of nitrogens with one attached hydrogen (secondary N) is 1. The molecule has 1 aliphatic heterocycles. The maximum atomic E-state index is 8.70. The average molecular weight is 187 g/mol. The molecule has 0 amide bonds. The Kier molecular flexibility index (Phi) is 4.70. The molecule has 2 N–H and O–H groups in total. The molecule has 3 heteroatoms. The molecular formula is C10H21NO2. The van der Waals surface area contributed by atoms with Crippen molar-refractivity contribution in [2.45, 2.75) is 51.4 Å². The molecule has 0 bridgehead atoms. The standard InChI is InChI=1S/C10H21NO2/c1-8(5-6-12)11-7-10-4-3-9(2)13-10/h8-12H,3-7H2,1-2H3. The highest BCUT2D eigenvalue weighted by Gasteiger charge is 2.21. The third kappa shape index (κ3) is 4.07. The van der Waals surface area contributed by atoms with Crippen LogP contribution in [0.3, 0.4) is 0 Å². The van der Waals surface area contributed by atoms with Gasteiger partial charge >= 0.3 is 0 Å². The largest absolute Gasteiger partial charge is 0.396 e. The highest BCUT2D eigenvalue weighted by atomic mass is 16.5.